The fourth-order valence-electron chi connectivity index (χ4n) is 2.02. The van der Waals surface area contributed by atoms with Gasteiger partial charge in [-0.2, -0.15) is 0 Å². The van der Waals surface area contributed by atoms with Crippen molar-refractivity contribution in [2.24, 2.45) is 0 Å². The number of carbonyl (C=O) groups is 1. The first-order valence-corrected chi connectivity index (χ1v) is 7.40. The number of hydrogen-bond donors (Lipinski definition) is 0. The van der Waals surface area contributed by atoms with Crippen molar-refractivity contribution in [3.63, 3.8) is 0 Å². The van der Waals surface area contributed by atoms with E-state index in [4.69, 9.17) is 0 Å². The van der Waals surface area contributed by atoms with Crippen LogP contribution in [0.1, 0.15) is 41.3 Å². The number of aryl methyl sites for hydroxylation is 1. The maximum absolute atomic E-state index is 12.4. The zero-order valence-electron chi connectivity index (χ0n) is 11.0. The van der Waals surface area contributed by atoms with E-state index in [-0.39, 0.29) is 5.78 Å². The second-order valence-corrected chi connectivity index (χ2v) is 5.47. The first kappa shape index (κ1) is 14.0. The Morgan fingerprint density at radius 2 is 1.84 bits per heavy atom. The van der Waals surface area contributed by atoms with Crippen molar-refractivity contribution in [1.29, 1.82) is 0 Å². The highest BCUT2D eigenvalue weighted by Crippen LogP contribution is 2.22. The molecular weight excluding hydrogens is 300 g/mol. The Morgan fingerprint density at radius 3 is 2.47 bits per heavy atom. The minimum atomic E-state index is 0.0644. The van der Waals surface area contributed by atoms with Gasteiger partial charge in [-0.1, -0.05) is 65.7 Å². The summed E-state index contributed by atoms with van der Waals surface area (Å²) < 4.78 is 0.884. The molecule has 0 fully saturated rings. The van der Waals surface area contributed by atoms with Crippen molar-refractivity contribution in [2.45, 2.75) is 26.2 Å². The third-order valence-corrected chi connectivity index (χ3v) is 3.79. The monoisotopic (exact) mass is 316 g/mol. The molecule has 0 saturated heterocycles. The van der Waals surface area contributed by atoms with E-state index in [2.05, 4.69) is 35.0 Å². The molecule has 19 heavy (non-hydrogen) atoms. The van der Waals surface area contributed by atoms with Crippen LogP contribution in [-0.4, -0.2) is 5.78 Å². The average molecular weight is 317 g/mol. The Kier molecular flexibility index (Phi) is 4.92. The lowest BCUT2D eigenvalue weighted by Gasteiger charge is -2.07. The van der Waals surface area contributed by atoms with E-state index in [1.807, 2.05) is 36.4 Å². The topological polar surface area (TPSA) is 17.1 Å². The van der Waals surface area contributed by atoms with Gasteiger partial charge in [-0.25, -0.2) is 0 Å². The minimum Gasteiger partial charge on any atom is -0.289 e. The number of unbranched alkanes of at least 4 members (excludes halogenated alkanes) is 1. The van der Waals surface area contributed by atoms with Crippen LogP contribution in [0.25, 0.3) is 0 Å². The summed E-state index contributed by atoms with van der Waals surface area (Å²) in [5, 5.41) is 0. The Bertz CT molecular complexity index is 561. The number of ketones is 1. The summed E-state index contributed by atoms with van der Waals surface area (Å²) in [6.45, 7) is 2.18. The normalized spacial score (nSPS) is 10.4. The molecule has 2 aromatic rings. The van der Waals surface area contributed by atoms with Gasteiger partial charge in [-0.3, -0.25) is 4.79 Å². The van der Waals surface area contributed by atoms with E-state index in [1.54, 1.807) is 0 Å². The van der Waals surface area contributed by atoms with Crippen LogP contribution in [-0.2, 0) is 6.42 Å². The fraction of sp³-hybridized carbons (Fsp3) is 0.235. The van der Waals surface area contributed by atoms with Gasteiger partial charge in [-0.05, 0) is 30.5 Å². The van der Waals surface area contributed by atoms with Crippen molar-refractivity contribution < 1.29 is 4.79 Å². The molecule has 0 spiro atoms. The van der Waals surface area contributed by atoms with Crippen LogP contribution >= 0.6 is 15.9 Å². The van der Waals surface area contributed by atoms with E-state index in [1.165, 1.54) is 18.4 Å². The molecule has 0 unspecified atom stereocenters. The third-order valence-electron chi connectivity index (χ3n) is 3.13. The maximum Gasteiger partial charge on any atom is 0.194 e. The quantitative estimate of drug-likeness (QED) is 0.708. The van der Waals surface area contributed by atoms with Crippen LogP contribution in [0.4, 0.5) is 0 Å². The summed E-state index contributed by atoms with van der Waals surface area (Å²) in [7, 11) is 0. The molecule has 0 atom stereocenters. The molecule has 0 aliphatic heterocycles. The lowest BCUT2D eigenvalue weighted by Crippen LogP contribution is -2.02. The number of hydrogen-bond acceptors (Lipinski definition) is 1. The molecule has 2 heteroatoms. The van der Waals surface area contributed by atoms with Gasteiger partial charge >= 0.3 is 0 Å². The van der Waals surface area contributed by atoms with Crippen molar-refractivity contribution in [1.82, 2.24) is 0 Å². The van der Waals surface area contributed by atoms with Gasteiger partial charge in [0.25, 0.3) is 0 Å². The molecular formula is C17H17BrO. The van der Waals surface area contributed by atoms with E-state index in [0.717, 1.165) is 22.0 Å². The fourth-order valence-corrected chi connectivity index (χ4v) is 2.63. The molecule has 0 amide bonds. The van der Waals surface area contributed by atoms with Gasteiger partial charge in [0, 0.05) is 15.6 Å². The van der Waals surface area contributed by atoms with Crippen LogP contribution in [0.15, 0.2) is 53.0 Å². The van der Waals surface area contributed by atoms with Crippen molar-refractivity contribution in [3.05, 3.63) is 69.7 Å². The summed E-state index contributed by atoms with van der Waals surface area (Å²) in [5.41, 5.74) is 2.73. The van der Waals surface area contributed by atoms with Gasteiger partial charge < -0.3 is 0 Å². The zero-order chi connectivity index (χ0) is 13.7. The predicted octanol–water partition coefficient (Wildman–Crippen LogP) is 5.02. The van der Waals surface area contributed by atoms with Crippen molar-refractivity contribution in [3.8, 4) is 0 Å². The van der Waals surface area contributed by atoms with E-state index in [9.17, 15) is 4.79 Å². The van der Waals surface area contributed by atoms with E-state index in [0.29, 0.717) is 0 Å². The van der Waals surface area contributed by atoms with E-state index >= 15 is 0 Å². The van der Waals surface area contributed by atoms with Gasteiger partial charge in [0.2, 0.25) is 0 Å². The van der Waals surface area contributed by atoms with Crippen LogP contribution in [0.5, 0.6) is 0 Å². The van der Waals surface area contributed by atoms with Crippen molar-refractivity contribution in [2.75, 3.05) is 0 Å². The van der Waals surface area contributed by atoms with Crippen molar-refractivity contribution >= 4 is 21.7 Å². The van der Waals surface area contributed by atoms with Crippen LogP contribution in [0.2, 0.25) is 0 Å². The molecule has 98 valence electrons. The first-order chi connectivity index (χ1) is 9.22. The molecule has 0 aliphatic carbocycles. The molecule has 0 aliphatic rings. The standard InChI is InChI=1S/C17H17BrO/c1-2-3-7-13-10-11-15(16(18)12-13)17(19)14-8-5-4-6-9-14/h4-6,8-12H,2-3,7H2,1H3. The highest BCUT2D eigenvalue weighted by atomic mass is 79.9. The van der Waals surface area contributed by atoms with Crippen LogP contribution < -0.4 is 0 Å². The summed E-state index contributed by atoms with van der Waals surface area (Å²) in [5.74, 6) is 0.0644. The SMILES string of the molecule is CCCCc1ccc(C(=O)c2ccccc2)c(Br)c1. The Balaban J connectivity index is 2.24. The van der Waals surface area contributed by atoms with Crippen LogP contribution in [0, 0.1) is 0 Å². The molecule has 0 N–H and O–H groups in total. The summed E-state index contributed by atoms with van der Waals surface area (Å²) >= 11 is 3.52. The second-order valence-electron chi connectivity index (χ2n) is 4.61. The molecule has 0 heterocycles. The highest BCUT2D eigenvalue weighted by molar-refractivity contribution is 9.10. The van der Waals surface area contributed by atoms with Gasteiger partial charge in [0.15, 0.2) is 5.78 Å². The number of benzene rings is 2. The summed E-state index contributed by atoms with van der Waals surface area (Å²) in [6.07, 6.45) is 3.43. The molecule has 0 aromatic heterocycles. The minimum absolute atomic E-state index is 0.0644. The van der Waals surface area contributed by atoms with Crippen LogP contribution in [0.3, 0.4) is 0 Å². The summed E-state index contributed by atoms with van der Waals surface area (Å²) in [6, 6.07) is 15.4. The molecule has 0 saturated carbocycles. The van der Waals surface area contributed by atoms with Gasteiger partial charge in [0.05, 0.1) is 0 Å². The van der Waals surface area contributed by atoms with Gasteiger partial charge in [0.1, 0.15) is 0 Å². The molecule has 0 bridgehead atoms. The Hall–Kier alpha value is -1.41. The lowest BCUT2D eigenvalue weighted by atomic mass is 10.0. The number of carbonyl (C=O) groups excluding carboxylic acids is 1. The molecule has 2 rings (SSSR count). The van der Waals surface area contributed by atoms with E-state index < -0.39 is 0 Å². The molecule has 2 aromatic carbocycles. The molecule has 1 nitrogen and oxygen atoms in total. The number of halogens is 1. The zero-order valence-corrected chi connectivity index (χ0v) is 12.6. The average Bonchev–Trinajstić information content (AvgIpc) is 2.45. The largest absolute Gasteiger partial charge is 0.289 e. The highest BCUT2D eigenvalue weighted by Gasteiger charge is 2.12. The number of rotatable bonds is 5. The Labute approximate surface area is 122 Å². The first-order valence-electron chi connectivity index (χ1n) is 6.60. The predicted molar refractivity (Wildman–Crippen MR) is 82.6 cm³/mol. The smallest absolute Gasteiger partial charge is 0.194 e. The molecule has 0 radical (unpaired) electrons. The third kappa shape index (κ3) is 3.54. The Morgan fingerprint density at radius 1 is 1.11 bits per heavy atom. The van der Waals surface area contributed by atoms with Gasteiger partial charge in [-0.15, -0.1) is 0 Å². The maximum atomic E-state index is 12.4. The lowest BCUT2D eigenvalue weighted by molar-refractivity contribution is 0.103. The summed E-state index contributed by atoms with van der Waals surface area (Å²) in [4.78, 5) is 12.4. The second kappa shape index (κ2) is 6.67.